The first-order chi connectivity index (χ1) is 8.66. The number of ether oxygens (including phenoxy) is 1. The first-order valence-corrected chi connectivity index (χ1v) is 6.21. The maximum atomic E-state index is 12.0. The Morgan fingerprint density at radius 1 is 1.56 bits per heavy atom. The molecule has 0 unspecified atom stereocenters. The summed E-state index contributed by atoms with van der Waals surface area (Å²) in [4.78, 5) is 17.6. The fourth-order valence-electron chi connectivity index (χ4n) is 1.56. The predicted molar refractivity (Wildman–Crippen MR) is 69.2 cm³/mol. The quantitative estimate of drug-likeness (QED) is 0.768. The van der Waals surface area contributed by atoms with Crippen molar-refractivity contribution < 1.29 is 9.53 Å². The zero-order valence-electron chi connectivity index (χ0n) is 10.6. The van der Waals surface area contributed by atoms with E-state index in [1.807, 2.05) is 0 Å². The van der Waals surface area contributed by atoms with Crippen LogP contribution in [0.2, 0.25) is 0 Å². The van der Waals surface area contributed by atoms with Crippen LogP contribution in [0.1, 0.15) is 23.3 Å². The smallest absolute Gasteiger partial charge is 0.272 e. The fraction of sp³-hybridized carbons (Fsp3) is 0.538. The SMILES string of the molecule is CN(CCOCC1CC1)C(=O)c1ccc(N)cn1. The molecule has 98 valence electrons. The lowest BCUT2D eigenvalue weighted by Gasteiger charge is -2.16. The van der Waals surface area contributed by atoms with Gasteiger partial charge in [0.15, 0.2) is 0 Å². The monoisotopic (exact) mass is 249 g/mol. The van der Waals surface area contributed by atoms with Gasteiger partial charge in [-0.25, -0.2) is 4.98 Å². The van der Waals surface area contributed by atoms with E-state index in [4.69, 9.17) is 10.5 Å². The zero-order chi connectivity index (χ0) is 13.0. The lowest BCUT2D eigenvalue weighted by Crippen LogP contribution is -2.30. The molecule has 0 radical (unpaired) electrons. The molecule has 1 aliphatic rings. The molecule has 0 saturated heterocycles. The average molecular weight is 249 g/mol. The maximum absolute atomic E-state index is 12.0. The molecule has 0 aromatic carbocycles. The summed E-state index contributed by atoms with van der Waals surface area (Å²) in [5, 5.41) is 0. The van der Waals surface area contributed by atoms with Crippen LogP contribution in [0, 0.1) is 5.92 Å². The minimum absolute atomic E-state index is 0.106. The predicted octanol–water partition coefficient (Wildman–Crippen LogP) is 1.16. The molecule has 1 heterocycles. The summed E-state index contributed by atoms with van der Waals surface area (Å²) >= 11 is 0. The van der Waals surface area contributed by atoms with Gasteiger partial charge >= 0.3 is 0 Å². The molecule has 1 amide bonds. The van der Waals surface area contributed by atoms with E-state index in [0.717, 1.165) is 12.5 Å². The molecule has 0 spiro atoms. The molecule has 5 nitrogen and oxygen atoms in total. The summed E-state index contributed by atoms with van der Waals surface area (Å²) in [7, 11) is 1.75. The standard InChI is InChI=1S/C13H19N3O2/c1-16(6-7-18-9-10-2-3-10)13(17)12-5-4-11(14)8-15-12/h4-5,8,10H,2-3,6-7,9,14H2,1H3. The van der Waals surface area contributed by atoms with Crippen molar-refractivity contribution in [2.45, 2.75) is 12.8 Å². The van der Waals surface area contributed by atoms with E-state index < -0.39 is 0 Å². The first-order valence-electron chi connectivity index (χ1n) is 6.21. The zero-order valence-corrected chi connectivity index (χ0v) is 10.6. The van der Waals surface area contributed by atoms with E-state index in [2.05, 4.69) is 4.98 Å². The van der Waals surface area contributed by atoms with Crippen LogP contribution in [-0.4, -0.2) is 42.6 Å². The number of carbonyl (C=O) groups excluding carboxylic acids is 1. The molecule has 1 fully saturated rings. The topological polar surface area (TPSA) is 68.5 Å². The second-order valence-corrected chi connectivity index (χ2v) is 4.72. The minimum atomic E-state index is -0.106. The molecular formula is C13H19N3O2. The van der Waals surface area contributed by atoms with Crippen LogP contribution in [0.25, 0.3) is 0 Å². The van der Waals surface area contributed by atoms with Gasteiger partial charge < -0.3 is 15.4 Å². The van der Waals surface area contributed by atoms with Gasteiger partial charge in [-0.2, -0.15) is 0 Å². The number of hydrogen-bond acceptors (Lipinski definition) is 4. The number of amides is 1. The summed E-state index contributed by atoms with van der Waals surface area (Å²) in [6, 6.07) is 3.32. The van der Waals surface area contributed by atoms with E-state index in [1.54, 1.807) is 24.1 Å². The van der Waals surface area contributed by atoms with Gasteiger partial charge in [-0.05, 0) is 30.9 Å². The summed E-state index contributed by atoms with van der Waals surface area (Å²) < 4.78 is 5.50. The lowest BCUT2D eigenvalue weighted by molar-refractivity contribution is 0.0676. The van der Waals surface area contributed by atoms with Crippen LogP contribution in [0.5, 0.6) is 0 Å². The molecule has 1 aromatic rings. The van der Waals surface area contributed by atoms with Gasteiger partial charge in [0.1, 0.15) is 5.69 Å². The Labute approximate surface area is 107 Å². The Morgan fingerprint density at radius 3 is 2.94 bits per heavy atom. The highest BCUT2D eigenvalue weighted by atomic mass is 16.5. The Hall–Kier alpha value is -1.62. The van der Waals surface area contributed by atoms with Crippen LogP contribution in [0.3, 0.4) is 0 Å². The number of anilines is 1. The van der Waals surface area contributed by atoms with E-state index in [9.17, 15) is 4.79 Å². The molecule has 1 aliphatic carbocycles. The van der Waals surface area contributed by atoms with E-state index in [-0.39, 0.29) is 5.91 Å². The van der Waals surface area contributed by atoms with Gasteiger partial charge in [-0.3, -0.25) is 4.79 Å². The largest absolute Gasteiger partial charge is 0.397 e. The van der Waals surface area contributed by atoms with Gasteiger partial charge in [0.05, 0.1) is 18.5 Å². The number of hydrogen-bond donors (Lipinski definition) is 1. The molecule has 0 atom stereocenters. The number of nitrogen functional groups attached to an aromatic ring is 1. The van der Waals surface area contributed by atoms with Crippen molar-refractivity contribution in [1.82, 2.24) is 9.88 Å². The van der Waals surface area contributed by atoms with Crippen LogP contribution in [-0.2, 0) is 4.74 Å². The summed E-state index contributed by atoms with van der Waals surface area (Å²) in [5.74, 6) is 0.648. The Morgan fingerprint density at radius 2 is 2.33 bits per heavy atom. The highest BCUT2D eigenvalue weighted by Gasteiger charge is 2.21. The lowest BCUT2D eigenvalue weighted by atomic mass is 10.3. The van der Waals surface area contributed by atoms with Crippen molar-refractivity contribution >= 4 is 11.6 Å². The number of likely N-dealkylation sites (N-methyl/N-ethyl adjacent to an activating group) is 1. The molecule has 5 heteroatoms. The number of pyridine rings is 1. The fourth-order valence-corrected chi connectivity index (χ4v) is 1.56. The third-order valence-corrected chi connectivity index (χ3v) is 2.97. The molecule has 2 N–H and O–H groups in total. The van der Waals surface area contributed by atoms with Crippen molar-refractivity contribution in [2.24, 2.45) is 5.92 Å². The van der Waals surface area contributed by atoms with Crippen LogP contribution >= 0.6 is 0 Å². The molecule has 1 aromatic heterocycles. The third kappa shape index (κ3) is 3.70. The van der Waals surface area contributed by atoms with Gasteiger partial charge in [0, 0.05) is 20.2 Å². The average Bonchev–Trinajstić information content (AvgIpc) is 3.18. The van der Waals surface area contributed by atoms with Crippen LogP contribution < -0.4 is 5.73 Å². The summed E-state index contributed by atoms with van der Waals surface area (Å²) in [6.07, 6.45) is 4.05. The second kappa shape index (κ2) is 5.82. The third-order valence-electron chi connectivity index (χ3n) is 2.97. The first kappa shape index (κ1) is 12.8. The van der Waals surface area contributed by atoms with Crippen molar-refractivity contribution in [2.75, 3.05) is 32.5 Å². The Bertz CT molecular complexity index is 401. The highest BCUT2D eigenvalue weighted by Crippen LogP contribution is 2.28. The normalized spacial score (nSPS) is 14.5. The van der Waals surface area contributed by atoms with Crippen molar-refractivity contribution in [3.63, 3.8) is 0 Å². The number of nitrogens with zero attached hydrogens (tertiary/aromatic N) is 2. The second-order valence-electron chi connectivity index (χ2n) is 4.72. The Balaban J connectivity index is 1.74. The summed E-state index contributed by atoms with van der Waals surface area (Å²) in [6.45, 7) is 1.98. The maximum Gasteiger partial charge on any atom is 0.272 e. The van der Waals surface area contributed by atoms with Crippen molar-refractivity contribution in [3.05, 3.63) is 24.0 Å². The van der Waals surface area contributed by atoms with Gasteiger partial charge in [0.2, 0.25) is 0 Å². The molecular weight excluding hydrogens is 230 g/mol. The minimum Gasteiger partial charge on any atom is -0.397 e. The van der Waals surface area contributed by atoms with E-state index >= 15 is 0 Å². The highest BCUT2D eigenvalue weighted by molar-refractivity contribution is 5.92. The Kier molecular flexibility index (Phi) is 4.15. The van der Waals surface area contributed by atoms with Gasteiger partial charge in [0.25, 0.3) is 5.91 Å². The van der Waals surface area contributed by atoms with E-state index in [0.29, 0.717) is 24.5 Å². The van der Waals surface area contributed by atoms with Gasteiger partial charge in [-0.1, -0.05) is 0 Å². The van der Waals surface area contributed by atoms with Crippen LogP contribution in [0.15, 0.2) is 18.3 Å². The summed E-state index contributed by atoms with van der Waals surface area (Å²) in [5.41, 5.74) is 6.50. The number of nitrogens with two attached hydrogens (primary N) is 1. The number of carbonyl (C=O) groups is 1. The molecule has 18 heavy (non-hydrogen) atoms. The molecule has 1 saturated carbocycles. The molecule has 2 rings (SSSR count). The molecule has 0 bridgehead atoms. The van der Waals surface area contributed by atoms with E-state index in [1.165, 1.54) is 19.0 Å². The van der Waals surface area contributed by atoms with Crippen molar-refractivity contribution in [1.29, 1.82) is 0 Å². The van der Waals surface area contributed by atoms with Gasteiger partial charge in [-0.15, -0.1) is 0 Å². The van der Waals surface area contributed by atoms with Crippen molar-refractivity contribution in [3.8, 4) is 0 Å². The molecule has 0 aliphatic heterocycles. The number of aromatic nitrogens is 1. The van der Waals surface area contributed by atoms with Crippen LogP contribution in [0.4, 0.5) is 5.69 Å². The number of rotatable bonds is 6.